The maximum Gasteiger partial charge on any atom is 0.254 e. The fourth-order valence-electron chi connectivity index (χ4n) is 4.96. The second-order valence-electron chi connectivity index (χ2n) is 8.56. The van der Waals surface area contributed by atoms with E-state index in [4.69, 9.17) is 4.74 Å². The number of ether oxygens (including phenoxy) is 1. The van der Waals surface area contributed by atoms with Crippen molar-refractivity contribution in [1.82, 2.24) is 9.47 Å². The first kappa shape index (κ1) is 20.6. The minimum Gasteiger partial charge on any atom is -0.497 e. The number of amides is 1. The van der Waals surface area contributed by atoms with Gasteiger partial charge >= 0.3 is 0 Å². The van der Waals surface area contributed by atoms with Gasteiger partial charge in [0, 0.05) is 39.5 Å². The normalized spacial score (nSPS) is 14.9. The molecular weight excluding hydrogens is 398 g/mol. The summed E-state index contributed by atoms with van der Waals surface area (Å²) in [6.45, 7) is 7.68. The number of benzene rings is 3. The van der Waals surface area contributed by atoms with Crippen molar-refractivity contribution in [3.63, 3.8) is 0 Å². The molecule has 1 aliphatic heterocycles. The Balaban J connectivity index is 1.27. The molecule has 0 radical (unpaired) electrons. The number of methoxy groups -OCH3 is 1. The Morgan fingerprint density at radius 1 is 0.938 bits per heavy atom. The molecule has 0 atom stereocenters. The first-order chi connectivity index (χ1) is 15.7. The van der Waals surface area contributed by atoms with Gasteiger partial charge in [-0.2, -0.15) is 0 Å². The fourth-order valence-corrected chi connectivity index (χ4v) is 4.96. The molecule has 0 bridgehead atoms. The van der Waals surface area contributed by atoms with Crippen LogP contribution in [0.3, 0.4) is 0 Å². The van der Waals surface area contributed by atoms with Gasteiger partial charge in [0.05, 0.1) is 33.3 Å². The van der Waals surface area contributed by atoms with Crippen molar-refractivity contribution in [2.75, 3.05) is 33.3 Å². The third kappa shape index (κ3) is 3.73. The summed E-state index contributed by atoms with van der Waals surface area (Å²) >= 11 is 0. The first-order valence-electron chi connectivity index (χ1n) is 11.4. The van der Waals surface area contributed by atoms with Gasteiger partial charge in [-0.05, 0) is 49.4 Å². The maximum absolute atomic E-state index is 12.8. The van der Waals surface area contributed by atoms with Crippen LogP contribution < -0.4 is 9.64 Å². The van der Waals surface area contributed by atoms with Crippen LogP contribution in [-0.4, -0.2) is 48.7 Å². The Bertz CT molecular complexity index is 1250. The number of aryl methyl sites for hydroxylation is 1. The van der Waals surface area contributed by atoms with Crippen LogP contribution in [0, 0.1) is 0 Å². The number of quaternary nitrogens is 1. The highest BCUT2D eigenvalue weighted by atomic mass is 16.5. The SMILES string of the molecule is CCn1c2ccccc2c2cc(C[NH+]3CCN(C(=O)c4ccc(OC)cc4)CC3)ccc21. The average molecular weight is 429 g/mol. The minimum absolute atomic E-state index is 0.112. The number of para-hydroxylation sites is 1. The first-order valence-corrected chi connectivity index (χ1v) is 11.4. The number of hydrogen-bond acceptors (Lipinski definition) is 2. The van der Waals surface area contributed by atoms with Gasteiger partial charge in [-0.25, -0.2) is 0 Å². The number of nitrogens with one attached hydrogen (secondary N) is 1. The number of carbonyl (C=O) groups excluding carboxylic acids is 1. The van der Waals surface area contributed by atoms with E-state index in [1.54, 1.807) is 7.11 Å². The number of rotatable bonds is 5. The molecule has 5 nitrogen and oxygen atoms in total. The molecular formula is C27H30N3O2+. The van der Waals surface area contributed by atoms with E-state index in [0.717, 1.165) is 50.6 Å². The average Bonchev–Trinajstić information content (AvgIpc) is 3.17. The monoisotopic (exact) mass is 428 g/mol. The molecule has 1 fully saturated rings. The van der Waals surface area contributed by atoms with Gasteiger partial charge in [0.25, 0.3) is 5.91 Å². The molecule has 164 valence electrons. The fraction of sp³-hybridized carbons (Fsp3) is 0.296. The number of aromatic nitrogens is 1. The van der Waals surface area contributed by atoms with Gasteiger partial charge in [0.1, 0.15) is 12.3 Å². The lowest BCUT2D eigenvalue weighted by molar-refractivity contribution is -0.917. The Morgan fingerprint density at radius 3 is 2.38 bits per heavy atom. The largest absolute Gasteiger partial charge is 0.497 e. The van der Waals surface area contributed by atoms with E-state index in [-0.39, 0.29) is 5.91 Å². The summed E-state index contributed by atoms with van der Waals surface area (Å²) in [6.07, 6.45) is 0. The van der Waals surface area contributed by atoms with Gasteiger partial charge in [0.15, 0.2) is 0 Å². The van der Waals surface area contributed by atoms with Crippen molar-refractivity contribution < 1.29 is 14.4 Å². The number of hydrogen-bond donors (Lipinski definition) is 1. The molecule has 1 saturated heterocycles. The lowest BCUT2D eigenvalue weighted by Crippen LogP contribution is -3.13. The lowest BCUT2D eigenvalue weighted by atomic mass is 10.1. The summed E-state index contributed by atoms with van der Waals surface area (Å²) in [4.78, 5) is 16.3. The van der Waals surface area contributed by atoms with E-state index in [2.05, 4.69) is 54.0 Å². The molecule has 32 heavy (non-hydrogen) atoms. The van der Waals surface area contributed by atoms with Crippen LogP contribution in [0.25, 0.3) is 21.8 Å². The van der Waals surface area contributed by atoms with Gasteiger partial charge in [-0.15, -0.1) is 0 Å². The molecule has 1 N–H and O–H groups in total. The summed E-state index contributed by atoms with van der Waals surface area (Å²) in [6, 6.07) is 23.0. The zero-order valence-electron chi connectivity index (χ0n) is 18.8. The molecule has 2 heterocycles. The molecule has 0 spiro atoms. The lowest BCUT2D eigenvalue weighted by Gasteiger charge is -2.32. The van der Waals surface area contributed by atoms with Crippen molar-refractivity contribution in [2.45, 2.75) is 20.0 Å². The third-order valence-corrected chi connectivity index (χ3v) is 6.70. The van der Waals surface area contributed by atoms with Crippen LogP contribution in [0.4, 0.5) is 0 Å². The number of carbonyl (C=O) groups is 1. The van der Waals surface area contributed by atoms with E-state index in [1.807, 2.05) is 29.2 Å². The molecule has 0 unspecified atom stereocenters. The Hall–Kier alpha value is -3.31. The van der Waals surface area contributed by atoms with Crippen LogP contribution in [0.1, 0.15) is 22.8 Å². The van der Waals surface area contributed by atoms with E-state index in [0.29, 0.717) is 0 Å². The molecule has 1 aliphatic rings. The van der Waals surface area contributed by atoms with Gasteiger partial charge in [-0.1, -0.05) is 24.3 Å². The van der Waals surface area contributed by atoms with Crippen molar-refractivity contribution in [3.8, 4) is 5.75 Å². The molecule has 1 aromatic heterocycles. The van der Waals surface area contributed by atoms with Crippen LogP contribution in [-0.2, 0) is 13.1 Å². The highest BCUT2D eigenvalue weighted by Gasteiger charge is 2.25. The van der Waals surface area contributed by atoms with Crippen LogP contribution in [0.15, 0.2) is 66.7 Å². The van der Waals surface area contributed by atoms with E-state index in [9.17, 15) is 4.79 Å². The van der Waals surface area contributed by atoms with Crippen LogP contribution >= 0.6 is 0 Å². The summed E-state index contributed by atoms with van der Waals surface area (Å²) in [5.74, 6) is 0.885. The zero-order chi connectivity index (χ0) is 22.1. The Kier molecular flexibility index (Phi) is 5.58. The van der Waals surface area contributed by atoms with E-state index >= 15 is 0 Å². The predicted octanol–water partition coefficient (Wildman–Crippen LogP) is 3.36. The van der Waals surface area contributed by atoms with E-state index in [1.165, 1.54) is 32.3 Å². The zero-order valence-corrected chi connectivity index (χ0v) is 18.8. The summed E-state index contributed by atoms with van der Waals surface area (Å²) < 4.78 is 7.59. The van der Waals surface area contributed by atoms with Crippen LogP contribution in [0.2, 0.25) is 0 Å². The number of piperazine rings is 1. The summed E-state index contributed by atoms with van der Waals surface area (Å²) in [5.41, 5.74) is 4.70. The highest BCUT2D eigenvalue weighted by molar-refractivity contribution is 6.08. The maximum atomic E-state index is 12.8. The molecule has 5 rings (SSSR count). The van der Waals surface area contributed by atoms with E-state index < -0.39 is 0 Å². The Labute approximate surface area is 188 Å². The van der Waals surface area contributed by atoms with Crippen LogP contribution in [0.5, 0.6) is 5.75 Å². The second-order valence-corrected chi connectivity index (χ2v) is 8.56. The molecule has 5 heteroatoms. The summed E-state index contributed by atoms with van der Waals surface area (Å²) in [5, 5.41) is 2.67. The molecule has 4 aromatic rings. The van der Waals surface area contributed by atoms with Gasteiger partial charge in [-0.3, -0.25) is 4.79 Å². The number of fused-ring (bicyclic) bond motifs is 3. The van der Waals surface area contributed by atoms with Crippen molar-refractivity contribution in [3.05, 3.63) is 77.9 Å². The molecule has 0 aliphatic carbocycles. The van der Waals surface area contributed by atoms with Gasteiger partial charge < -0.3 is 19.1 Å². The highest BCUT2D eigenvalue weighted by Crippen LogP contribution is 2.29. The molecule has 1 amide bonds. The smallest absolute Gasteiger partial charge is 0.254 e. The van der Waals surface area contributed by atoms with Crippen molar-refractivity contribution in [2.24, 2.45) is 0 Å². The van der Waals surface area contributed by atoms with Gasteiger partial charge in [0.2, 0.25) is 0 Å². The standard InChI is InChI=1S/C27H29N3O2/c1-3-30-25-7-5-4-6-23(25)24-18-20(8-13-26(24)30)19-28-14-16-29(17-15-28)27(31)21-9-11-22(32-2)12-10-21/h4-13,18H,3,14-17,19H2,1-2H3/p+1. The topological polar surface area (TPSA) is 38.9 Å². The summed E-state index contributed by atoms with van der Waals surface area (Å²) in [7, 11) is 1.64. The molecule has 3 aromatic carbocycles. The quantitative estimate of drug-likeness (QED) is 0.529. The second kappa shape index (κ2) is 8.67. The predicted molar refractivity (Wildman–Crippen MR) is 128 cm³/mol. The van der Waals surface area contributed by atoms with Crippen molar-refractivity contribution >= 4 is 27.7 Å². The minimum atomic E-state index is 0.112. The Morgan fingerprint density at radius 2 is 1.66 bits per heavy atom. The third-order valence-electron chi connectivity index (χ3n) is 6.70. The molecule has 0 saturated carbocycles. The van der Waals surface area contributed by atoms with Crippen molar-refractivity contribution in [1.29, 1.82) is 0 Å². The number of nitrogens with zero attached hydrogens (tertiary/aromatic N) is 2.